The number of piperidine rings is 1. The Morgan fingerprint density at radius 2 is 1.68 bits per heavy atom. The van der Waals surface area contributed by atoms with E-state index in [4.69, 9.17) is 4.42 Å². The van der Waals surface area contributed by atoms with E-state index < -0.39 is 0 Å². The highest BCUT2D eigenvalue weighted by Crippen LogP contribution is 2.26. The number of fused-ring (bicyclic) bond motifs is 1. The van der Waals surface area contributed by atoms with Gasteiger partial charge in [0.1, 0.15) is 11.3 Å². The van der Waals surface area contributed by atoms with E-state index in [1.54, 1.807) is 0 Å². The van der Waals surface area contributed by atoms with Gasteiger partial charge in [-0.1, -0.05) is 17.7 Å². The van der Waals surface area contributed by atoms with Gasteiger partial charge in [0.15, 0.2) is 0 Å². The fourth-order valence-electron chi connectivity index (χ4n) is 2.93. The molecular formula is C18H19N3O. The molecule has 0 spiro atoms. The minimum Gasteiger partial charge on any atom is -0.418 e. The van der Waals surface area contributed by atoms with Crippen LogP contribution in [-0.4, -0.2) is 23.1 Å². The maximum atomic E-state index is 5.88. The maximum absolute atomic E-state index is 5.88. The van der Waals surface area contributed by atoms with E-state index in [-0.39, 0.29) is 0 Å². The van der Waals surface area contributed by atoms with E-state index in [0.29, 0.717) is 11.6 Å². The molecule has 0 bridgehead atoms. The van der Waals surface area contributed by atoms with Crippen LogP contribution in [0.2, 0.25) is 0 Å². The molecule has 3 heterocycles. The van der Waals surface area contributed by atoms with Crippen LogP contribution < -0.4 is 4.90 Å². The van der Waals surface area contributed by atoms with Gasteiger partial charge in [-0.2, -0.15) is 4.98 Å². The summed E-state index contributed by atoms with van der Waals surface area (Å²) in [5, 5.41) is 0. The molecule has 3 aromatic rings. The SMILES string of the molecule is Cc1ccc(-c2nc3ccc(N4CCCCC4)nc3o2)cc1. The predicted molar refractivity (Wildman–Crippen MR) is 88.0 cm³/mol. The molecule has 0 N–H and O–H groups in total. The van der Waals surface area contributed by atoms with Gasteiger partial charge in [-0.3, -0.25) is 0 Å². The summed E-state index contributed by atoms with van der Waals surface area (Å²) in [6.07, 6.45) is 3.80. The van der Waals surface area contributed by atoms with E-state index in [0.717, 1.165) is 30.0 Å². The zero-order valence-electron chi connectivity index (χ0n) is 12.7. The molecule has 0 aliphatic carbocycles. The second kappa shape index (κ2) is 5.44. The van der Waals surface area contributed by atoms with Crippen LogP contribution in [0.25, 0.3) is 22.7 Å². The lowest BCUT2D eigenvalue weighted by Crippen LogP contribution is -2.29. The summed E-state index contributed by atoms with van der Waals surface area (Å²) in [5.74, 6) is 1.64. The average molecular weight is 293 g/mol. The summed E-state index contributed by atoms with van der Waals surface area (Å²) in [6.45, 7) is 4.23. The number of nitrogens with zero attached hydrogens (tertiary/aromatic N) is 3. The van der Waals surface area contributed by atoms with Gasteiger partial charge in [0.25, 0.3) is 0 Å². The summed E-state index contributed by atoms with van der Waals surface area (Å²) in [7, 11) is 0. The Kier molecular flexibility index (Phi) is 3.29. The van der Waals surface area contributed by atoms with E-state index >= 15 is 0 Å². The smallest absolute Gasteiger partial charge is 0.249 e. The first-order chi connectivity index (χ1) is 10.8. The number of pyridine rings is 1. The Bertz CT molecular complexity index is 786. The molecule has 1 aliphatic heterocycles. The van der Waals surface area contributed by atoms with Crippen molar-refractivity contribution in [2.45, 2.75) is 26.2 Å². The lowest BCUT2D eigenvalue weighted by molar-refractivity contribution is 0.569. The molecule has 0 amide bonds. The second-order valence-corrected chi connectivity index (χ2v) is 5.93. The zero-order valence-corrected chi connectivity index (χ0v) is 12.7. The number of oxazole rings is 1. The molecule has 0 unspecified atom stereocenters. The van der Waals surface area contributed by atoms with Gasteiger partial charge in [0.2, 0.25) is 11.6 Å². The van der Waals surface area contributed by atoms with Crippen LogP contribution in [0.1, 0.15) is 24.8 Å². The third kappa shape index (κ3) is 2.45. The fourth-order valence-corrected chi connectivity index (χ4v) is 2.93. The first-order valence-corrected chi connectivity index (χ1v) is 7.89. The Morgan fingerprint density at radius 1 is 0.909 bits per heavy atom. The predicted octanol–water partition coefficient (Wildman–Crippen LogP) is 4.19. The molecule has 2 aromatic heterocycles. The summed E-state index contributed by atoms with van der Waals surface area (Å²) >= 11 is 0. The Hall–Kier alpha value is -2.36. The van der Waals surface area contributed by atoms with Crippen LogP contribution in [0.3, 0.4) is 0 Å². The lowest BCUT2D eigenvalue weighted by atomic mass is 10.1. The molecule has 22 heavy (non-hydrogen) atoms. The van der Waals surface area contributed by atoms with Crippen molar-refractivity contribution < 1.29 is 4.42 Å². The van der Waals surface area contributed by atoms with Crippen LogP contribution in [0.15, 0.2) is 40.8 Å². The molecule has 1 aromatic carbocycles. The zero-order chi connectivity index (χ0) is 14.9. The highest BCUT2D eigenvalue weighted by Gasteiger charge is 2.15. The van der Waals surface area contributed by atoms with Crippen molar-refractivity contribution in [3.8, 4) is 11.5 Å². The van der Waals surface area contributed by atoms with Gasteiger partial charge in [-0.15, -0.1) is 0 Å². The molecule has 1 saturated heterocycles. The first-order valence-electron chi connectivity index (χ1n) is 7.89. The third-order valence-electron chi connectivity index (χ3n) is 4.22. The summed E-state index contributed by atoms with van der Waals surface area (Å²) < 4.78 is 5.88. The number of hydrogen-bond donors (Lipinski definition) is 0. The van der Waals surface area contributed by atoms with Gasteiger partial charge in [-0.25, -0.2) is 4.98 Å². The van der Waals surface area contributed by atoms with Gasteiger partial charge in [0.05, 0.1) is 0 Å². The van der Waals surface area contributed by atoms with Crippen LogP contribution in [0.4, 0.5) is 5.82 Å². The van der Waals surface area contributed by atoms with Crippen molar-refractivity contribution in [3.63, 3.8) is 0 Å². The molecule has 4 nitrogen and oxygen atoms in total. The van der Waals surface area contributed by atoms with Crippen LogP contribution in [0.5, 0.6) is 0 Å². The fraction of sp³-hybridized carbons (Fsp3) is 0.333. The highest BCUT2D eigenvalue weighted by molar-refractivity contribution is 5.74. The molecule has 1 fully saturated rings. The Labute approximate surface area is 129 Å². The standard InChI is InChI=1S/C18H19N3O/c1-13-5-7-14(8-6-13)17-19-15-9-10-16(20-18(15)22-17)21-11-3-2-4-12-21/h5-10H,2-4,11-12H2,1H3. The Morgan fingerprint density at radius 3 is 2.45 bits per heavy atom. The van der Waals surface area contributed by atoms with E-state index in [1.165, 1.54) is 24.8 Å². The topological polar surface area (TPSA) is 42.2 Å². The summed E-state index contributed by atoms with van der Waals surface area (Å²) in [6, 6.07) is 12.3. The quantitative estimate of drug-likeness (QED) is 0.710. The monoisotopic (exact) mass is 293 g/mol. The third-order valence-corrected chi connectivity index (χ3v) is 4.22. The number of anilines is 1. The first kappa shape index (κ1) is 13.3. The molecular weight excluding hydrogens is 274 g/mol. The molecule has 112 valence electrons. The normalized spacial score (nSPS) is 15.4. The van der Waals surface area contributed by atoms with Crippen LogP contribution in [0, 0.1) is 6.92 Å². The van der Waals surface area contributed by atoms with Gasteiger partial charge in [0, 0.05) is 18.7 Å². The molecule has 0 atom stereocenters. The van der Waals surface area contributed by atoms with Crippen molar-refractivity contribution in [1.29, 1.82) is 0 Å². The minimum atomic E-state index is 0.624. The van der Waals surface area contributed by atoms with Crippen molar-refractivity contribution in [2.75, 3.05) is 18.0 Å². The van der Waals surface area contributed by atoms with Crippen molar-refractivity contribution in [3.05, 3.63) is 42.0 Å². The number of benzene rings is 1. The average Bonchev–Trinajstić information content (AvgIpc) is 2.99. The van der Waals surface area contributed by atoms with Crippen LogP contribution >= 0.6 is 0 Å². The van der Waals surface area contributed by atoms with Crippen molar-refractivity contribution in [1.82, 2.24) is 9.97 Å². The second-order valence-electron chi connectivity index (χ2n) is 5.93. The number of rotatable bonds is 2. The maximum Gasteiger partial charge on any atom is 0.249 e. The van der Waals surface area contributed by atoms with Crippen LogP contribution in [-0.2, 0) is 0 Å². The van der Waals surface area contributed by atoms with Gasteiger partial charge >= 0.3 is 0 Å². The van der Waals surface area contributed by atoms with Crippen molar-refractivity contribution >= 4 is 17.0 Å². The molecule has 0 saturated carbocycles. The molecule has 1 aliphatic rings. The summed E-state index contributed by atoms with van der Waals surface area (Å²) in [4.78, 5) is 11.5. The van der Waals surface area contributed by atoms with Crippen molar-refractivity contribution in [2.24, 2.45) is 0 Å². The largest absolute Gasteiger partial charge is 0.418 e. The van der Waals surface area contributed by atoms with E-state index in [1.807, 2.05) is 18.2 Å². The van der Waals surface area contributed by atoms with Gasteiger partial charge < -0.3 is 9.32 Å². The van der Waals surface area contributed by atoms with E-state index in [2.05, 4.69) is 40.0 Å². The Balaban J connectivity index is 1.69. The van der Waals surface area contributed by atoms with Gasteiger partial charge in [-0.05, 0) is 50.5 Å². The minimum absolute atomic E-state index is 0.624. The molecule has 4 heteroatoms. The molecule has 0 radical (unpaired) electrons. The molecule has 4 rings (SSSR count). The highest BCUT2D eigenvalue weighted by atomic mass is 16.4. The van der Waals surface area contributed by atoms with E-state index in [9.17, 15) is 0 Å². The number of hydrogen-bond acceptors (Lipinski definition) is 4. The number of aromatic nitrogens is 2. The number of aryl methyl sites for hydroxylation is 1. The summed E-state index contributed by atoms with van der Waals surface area (Å²) in [5.41, 5.74) is 3.66. The lowest BCUT2D eigenvalue weighted by Gasteiger charge is -2.27.